The second kappa shape index (κ2) is 9.17. The van der Waals surface area contributed by atoms with Crippen LogP contribution in [-0.4, -0.2) is 46.9 Å². The summed E-state index contributed by atoms with van der Waals surface area (Å²) in [6.07, 6.45) is 9.07. The Bertz CT molecular complexity index is 1070. The van der Waals surface area contributed by atoms with E-state index in [1.807, 2.05) is 0 Å². The normalized spacial score (nSPS) is 24.2. The Balaban J connectivity index is 1.34. The number of hydrogen-bond acceptors (Lipinski definition) is 7. The summed E-state index contributed by atoms with van der Waals surface area (Å²) >= 11 is 0. The molecule has 1 atom stereocenters. The summed E-state index contributed by atoms with van der Waals surface area (Å²) in [5.74, 6) is 0.118. The van der Waals surface area contributed by atoms with E-state index < -0.39 is 17.4 Å². The first kappa shape index (κ1) is 22.5. The molecule has 0 radical (unpaired) electrons. The minimum Gasteiger partial charge on any atom is -0.438 e. The third-order valence-electron chi connectivity index (χ3n) is 7.46. The number of fused-ring (bicyclic) bond motifs is 2. The van der Waals surface area contributed by atoms with Gasteiger partial charge in [-0.05, 0) is 37.5 Å². The fourth-order valence-corrected chi connectivity index (χ4v) is 5.35. The number of nitrogens with zero attached hydrogens (tertiary/aromatic N) is 2. The van der Waals surface area contributed by atoms with Gasteiger partial charge in [0.25, 0.3) is 5.91 Å². The number of anilines is 2. The predicted octanol–water partition coefficient (Wildman–Crippen LogP) is 2.63. The van der Waals surface area contributed by atoms with Crippen LogP contribution in [0.1, 0.15) is 61.6 Å². The van der Waals surface area contributed by atoms with Crippen LogP contribution in [0, 0.1) is 11.8 Å². The molecular formula is C24H29N5O5. The van der Waals surface area contributed by atoms with Crippen LogP contribution in [0.2, 0.25) is 0 Å². The van der Waals surface area contributed by atoms with Gasteiger partial charge in [-0.1, -0.05) is 19.8 Å². The molecule has 2 aromatic heterocycles. The van der Waals surface area contributed by atoms with Crippen molar-refractivity contribution >= 4 is 29.2 Å². The highest BCUT2D eigenvalue weighted by Crippen LogP contribution is 2.44. The van der Waals surface area contributed by atoms with E-state index in [0.717, 1.165) is 31.2 Å². The van der Waals surface area contributed by atoms with Gasteiger partial charge in [-0.3, -0.25) is 14.4 Å². The lowest BCUT2D eigenvalue weighted by Crippen LogP contribution is -2.49. The number of oxazole rings is 1. The molecule has 5 rings (SSSR count). The van der Waals surface area contributed by atoms with Gasteiger partial charge in [0.2, 0.25) is 17.6 Å². The summed E-state index contributed by atoms with van der Waals surface area (Å²) in [5, 5.41) is 8.63. The van der Waals surface area contributed by atoms with E-state index in [0.29, 0.717) is 43.5 Å². The molecule has 180 valence electrons. The van der Waals surface area contributed by atoms with Crippen LogP contribution >= 0.6 is 0 Å². The van der Waals surface area contributed by atoms with Crippen LogP contribution in [0.25, 0.3) is 0 Å². The molecule has 1 saturated carbocycles. The maximum atomic E-state index is 13.3. The molecular weight excluding hydrogens is 438 g/mol. The maximum absolute atomic E-state index is 13.3. The average Bonchev–Trinajstić information content (AvgIpc) is 3.46. The van der Waals surface area contributed by atoms with E-state index in [1.165, 1.54) is 12.6 Å². The molecule has 0 aromatic carbocycles. The van der Waals surface area contributed by atoms with Crippen LogP contribution < -0.4 is 16.0 Å². The van der Waals surface area contributed by atoms with Gasteiger partial charge in [0.1, 0.15) is 11.9 Å². The highest BCUT2D eigenvalue weighted by Gasteiger charge is 2.48. The van der Waals surface area contributed by atoms with E-state index in [1.54, 1.807) is 12.3 Å². The SMILES string of the molecule is CC1CCC([C@H](NC(=O)c2cnco2)C(=O)Nc2cc3c(cn2)C2(CCOCC2)C(=O)N3)CC1. The predicted molar refractivity (Wildman–Crippen MR) is 122 cm³/mol. The number of amides is 3. The van der Waals surface area contributed by atoms with Crippen LogP contribution in [0.15, 0.2) is 29.3 Å². The highest BCUT2D eigenvalue weighted by molar-refractivity contribution is 6.07. The van der Waals surface area contributed by atoms with Gasteiger partial charge >= 0.3 is 0 Å². The zero-order valence-corrected chi connectivity index (χ0v) is 19.1. The lowest BCUT2D eigenvalue weighted by molar-refractivity contribution is -0.124. The van der Waals surface area contributed by atoms with Gasteiger partial charge in [-0.25, -0.2) is 9.97 Å². The maximum Gasteiger partial charge on any atom is 0.289 e. The summed E-state index contributed by atoms with van der Waals surface area (Å²) in [6, 6.07) is 0.949. The number of rotatable bonds is 5. The number of pyridine rings is 1. The van der Waals surface area contributed by atoms with Crippen molar-refractivity contribution < 1.29 is 23.5 Å². The van der Waals surface area contributed by atoms with Crippen molar-refractivity contribution in [2.75, 3.05) is 23.8 Å². The Morgan fingerprint density at radius 1 is 1.18 bits per heavy atom. The molecule has 3 amide bonds. The zero-order valence-electron chi connectivity index (χ0n) is 19.1. The first-order valence-corrected chi connectivity index (χ1v) is 11.9. The number of carbonyl (C=O) groups excluding carboxylic acids is 3. The monoisotopic (exact) mass is 467 g/mol. The molecule has 2 fully saturated rings. The van der Waals surface area contributed by atoms with Crippen molar-refractivity contribution in [1.82, 2.24) is 15.3 Å². The topological polar surface area (TPSA) is 135 Å². The number of ether oxygens (including phenoxy) is 1. The van der Waals surface area contributed by atoms with Gasteiger partial charge in [-0.15, -0.1) is 0 Å². The van der Waals surface area contributed by atoms with Gasteiger partial charge in [0.05, 0.1) is 17.3 Å². The van der Waals surface area contributed by atoms with Crippen molar-refractivity contribution in [3.63, 3.8) is 0 Å². The van der Waals surface area contributed by atoms with E-state index in [-0.39, 0.29) is 23.5 Å². The Morgan fingerprint density at radius 3 is 2.65 bits per heavy atom. The molecule has 10 nitrogen and oxygen atoms in total. The van der Waals surface area contributed by atoms with Crippen LogP contribution in [-0.2, 0) is 19.7 Å². The minimum absolute atomic E-state index is 0.00251. The number of nitrogens with one attached hydrogen (secondary N) is 3. The molecule has 2 aromatic rings. The van der Waals surface area contributed by atoms with Crippen molar-refractivity contribution in [3.05, 3.63) is 36.2 Å². The molecule has 2 aliphatic heterocycles. The molecule has 1 aliphatic carbocycles. The summed E-state index contributed by atoms with van der Waals surface area (Å²) in [7, 11) is 0. The van der Waals surface area contributed by atoms with E-state index in [4.69, 9.17) is 9.15 Å². The molecule has 0 bridgehead atoms. The molecule has 1 saturated heterocycles. The average molecular weight is 468 g/mol. The van der Waals surface area contributed by atoms with Gasteiger partial charge in [-0.2, -0.15) is 0 Å². The Morgan fingerprint density at radius 2 is 1.94 bits per heavy atom. The van der Waals surface area contributed by atoms with E-state index in [2.05, 4.69) is 32.8 Å². The number of carbonyl (C=O) groups is 3. The lowest BCUT2D eigenvalue weighted by Gasteiger charge is -2.32. The number of hydrogen-bond donors (Lipinski definition) is 3. The second-order valence-corrected chi connectivity index (χ2v) is 9.59. The Labute approximate surface area is 197 Å². The lowest BCUT2D eigenvalue weighted by atomic mass is 9.76. The molecule has 4 heterocycles. The minimum atomic E-state index is -0.739. The first-order valence-electron chi connectivity index (χ1n) is 11.9. The van der Waals surface area contributed by atoms with Crippen molar-refractivity contribution in [2.24, 2.45) is 11.8 Å². The molecule has 3 aliphatic rings. The summed E-state index contributed by atoms with van der Waals surface area (Å²) in [5.41, 5.74) is 0.886. The van der Waals surface area contributed by atoms with Crippen molar-refractivity contribution in [1.29, 1.82) is 0 Å². The van der Waals surface area contributed by atoms with E-state index >= 15 is 0 Å². The highest BCUT2D eigenvalue weighted by atomic mass is 16.5. The Kier molecular flexibility index (Phi) is 6.07. The molecule has 34 heavy (non-hydrogen) atoms. The number of aromatic nitrogens is 2. The fraction of sp³-hybridized carbons (Fsp3) is 0.542. The first-order chi connectivity index (χ1) is 16.5. The largest absolute Gasteiger partial charge is 0.438 e. The third-order valence-corrected chi connectivity index (χ3v) is 7.46. The van der Waals surface area contributed by atoms with Crippen LogP contribution in [0.4, 0.5) is 11.5 Å². The standard InChI is InChI=1S/C24H29N5O5/c1-14-2-4-15(5-3-14)20(29-21(30)18-12-25-13-34-18)22(31)28-19-10-17-16(11-26-19)24(23(32)27-17)6-8-33-9-7-24/h10-15,20H,2-9H2,1H3,(H,27,32)(H,29,30)(H,26,28,31)/t14?,15?,20-/m0/s1. The van der Waals surface area contributed by atoms with Gasteiger partial charge in [0, 0.05) is 31.0 Å². The molecule has 1 spiro atoms. The third kappa shape index (κ3) is 4.18. The second-order valence-electron chi connectivity index (χ2n) is 9.59. The molecule has 0 unspecified atom stereocenters. The van der Waals surface area contributed by atoms with Crippen LogP contribution in [0.5, 0.6) is 0 Å². The van der Waals surface area contributed by atoms with Gasteiger partial charge < -0.3 is 25.1 Å². The zero-order chi connectivity index (χ0) is 23.7. The molecule has 10 heteroatoms. The van der Waals surface area contributed by atoms with Gasteiger partial charge in [0.15, 0.2) is 6.39 Å². The summed E-state index contributed by atoms with van der Waals surface area (Å²) in [6.45, 7) is 3.25. The smallest absolute Gasteiger partial charge is 0.289 e. The quantitative estimate of drug-likeness (QED) is 0.615. The fourth-order valence-electron chi connectivity index (χ4n) is 5.35. The molecule has 3 N–H and O–H groups in total. The van der Waals surface area contributed by atoms with Crippen molar-refractivity contribution in [3.8, 4) is 0 Å². The van der Waals surface area contributed by atoms with Crippen LogP contribution in [0.3, 0.4) is 0 Å². The van der Waals surface area contributed by atoms with E-state index in [9.17, 15) is 14.4 Å². The summed E-state index contributed by atoms with van der Waals surface area (Å²) < 4.78 is 10.5. The Hall–Kier alpha value is -3.27. The summed E-state index contributed by atoms with van der Waals surface area (Å²) in [4.78, 5) is 47.0. The van der Waals surface area contributed by atoms with Crippen molar-refractivity contribution in [2.45, 2.75) is 56.9 Å².